The average Bonchev–Trinajstić information content (AvgIpc) is 2.97. The minimum atomic E-state index is 0.665. The molecule has 1 saturated heterocycles. The summed E-state index contributed by atoms with van der Waals surface area (Å²) in [5.74, 6) is 1.07. The van der Waals surface area contributed by atoms with Crippen LogP contribution in [-0.4, -0.2) is 31.1 Å². The summed E-state index contributed by atoms with van der Waals surface area (Å²) in [6.07, 6.45) is 2.61. The fraction of sp³-hybridized carbons (Fsp3) is 0.500. The van der Waals surface area contributed by atoms with Crippen LogP contribution >= 0.6 is 0 Å². The highest BCUT2D eigenvalue weighted by Gasteiger charge is 2.25. The van der Waals surface area contributed by atoms with Gasteiger partial charge in [0.2, 0.25) is 0 Å². The first-order valence-corrected chi connectivity index (χ1v) is 7.15. The van der Waals surface area contributed by atoms with Crippen LogP contribution in [0.15, 0.2) is 28.7 Å². The second-order valence-corrected chi connectivity index (χ2v) is 5.46. The van der Waals surface area contributed by atoms with Gasteiger partial charge in [-0.3, -0.25) is 4.90 Å². The summed E-state index contributed by atoms with van der Waals surface area (Å²) in [5.41, 5.74) is 2.37. The molecule has 1 unspecified atom stereocenters. The van der Waals surface area contributed by atoms with Crippen molar-refractivity contribution in [1.29, 1.82) is 0 Å². The molecule has 0 spiro atoms. The number of nitrogens with one attached hydrogen (secondary N) is 1. The van der Waals surface area contributed by atoms with Crippen LogP contribution in [0, 0.1) is 6.92 Å². The van der Waals surface area contributed by atoms with Gasteiger partial charge >= 0.3 is 0 Å². The van der Waals surface area contributed by atoms with Crippen molar-refractivity contribution in [1.82, 2.24) is 10.2 Å². The molecule has 0 bridgehead atoms. The van der Waals surface area contributed by atoms with Gasteiger partial charge in [0, 0.05) is 30.1 Å². The molecule has 102 valence electrons. The predicted octanol–water partition coefficient (Wildman–Crippen LogP) is 2.93. The number of likely N-dealkylation sites (N-methyl/N-ethyl adjacent to an activating group) is 1. The van der Waals surface area contributed by atoms with Gasteiger partial charge in [0.15, 0.2) is 0 Å². The van der Waals surface area contributed by atoms with E-state index in [0.29, 0.717) is 6.04 Å². The minimum absolute atomic E-state index is 0.665. The summed E-state index contributed by atoms with van der Waals surface area (Å²) in [6, 6.07) is 9.02. The van der Waals surface area contributed by atoms with Crippen molar-refractivity contribution in [3.05, 3.63) is 35.6 Å². The molecule has 0 aliphatic carbocycles. The maximum Gasteiger partial charge on any atom is 0.134 e. The van der Waals surface area contributed by atoms with Crippen molar-refractivity contribution in [2.75, 3.05) is 20.1 Å². The quantitative estimate of drug-likeness (QED) is 0.914. The summed E-state index contributed by atoms with van der Waals surface area (Å²) < 4.78 is 5.86. The molecule has 3 nitrogen and oxygen atoms in total. The number of fused-ring (bicyclic) bond motifs is 1. The Bertz CT molecular complexity index is 561. The van der Waals surface area contributed by atoms with Gasteiger partial charge in [-0.25, -0.2) is 0 Å². The van der Waals surface area contributed by atoms with Gasteiger partial charge in [-0.05, 0) is 39.4 Å². The lowest BCUT2D eigenvalue weighted by atomic mass is 10.1. The molecule has 2 aromatic rings. The van der Waals surface area contributed by atoms with Crippen LogP contribution in [0.4, 0.5) is 0 Å². The second-order valence-electron chi connectivity index (χ2n) is 5.46. The maximum absolute atomic E-state index is 5.86. The molecule has 1 aliphatic rings. The van der Waals surface area contributed by atoms with Crippen molar-refractivity contribution in [3.8, 4) is 0 Å². The Morgan fingerprint density at radius 1 is 1.37 bits per heavy atom. The summed E-state index contributed by atoms with van der Waals surface area (Å²) in [5, 5.41) is 4.58. The summed E-state index contributed by atoms with van der Waals surface area (Å²) in [7, 11) is 2.04. The lowest BCUT2D eigenvalue weighted by molar-refractivity contribution is 0.241. The Morgan fingerprint density at radius 3 is 3.05 bits per heavy atom. The van der Waals surface area contributed by atoms with E-state index >= 15 is 0 Å². The molecule has 0 saturated carbocycles. The van der Waals surface area contributed by atoms with Crippen molar-refractivity contribution >= 4 is 11.0 Å². The molecule has 0 amide bonds. The molecular weight excluding hydrogens is 236 g/mol. The predicted molar refractivity (Wildman–Crippen MR) is 78.3 cm³/mol. The van der Waals surface area contributed by atoms with E-state index in [1.807, 2.05) is 13.1 Å². The normalized spacial score (nSPS) is 20.4. The van der Waals surface area contributed by atoms with Gasteiger partial charge in [0.1, 0.15) is 11.3 Å². The van der Waals surface area contributed by atoms with E-state index in [0.717, 1.165) is 24.4 Å². The maximum atomic E-state index is 5.86. The zero-order chi connectivity index (χ0) is 13.2. The van der Waals surface area contributed by atoms with E-state index in [1.54, 1.807) is 0 Å². The van der Waals surface area contributed by atoms with Gasteiger partial charge in [-0.15, -0.1) is 0 Å². The van der Waals surface area contributed by atoms with E-state index in [9.17, 15) is 0 Å². The van der Waals surface area contributed by atoms with Gasteiger partial charge < -0.3 is 9.73 Å². The van der Waals surface area contributed by atoms with Gasteiger partial charge in [0.05, 0.1) is 0 Å². The molecule has 3 heteroatoms. The molecule has 1 atom stereocenters. The molecule has 1 N–H and O–H groups in total. The summed E-state index contributed by atoms with van der Waals surface area (Å²) in [4.78, 5) is 2.58. The molecular formula is C16H22N2O. The van der Waals surface area contributed by atoms with Crippen LogP contribution in [0.1, 0.15) is 24.2 Å². The highest BCUT2D eigenvalue weighted by Crippen LogP contribution is 2.28. The molecule has 1 aromatic heterocycles. The van der Waals surface area contributed by atoms with Gasteiger partial charge in [-0.2, -0.15) is 0 Å². The third-order valence-electron chi connectivity index (χ3n) is 4.20. The van der Waals surface area contributed by atoms with E-state index in [1.165, 1.54) is 30.3 Å². The third-order valence-corrected chi connectivity index (χ3v) is 4.20. The van der Waals surface area contributed by atoms with Crippen LogP contribution in [-0.2, 0) is 6.54 Å². The van der Waals surface area contributed by atoms with E-state index in [-0.39, 0.29) is 0 Å². The molecule has 1 aromatic carbocycles. The highest BCUT2D eigenvalue weighted by molar-refractivity contribution is 5.82. The Morgan fingerprint density at radius 2 is 2.21 bits per heavy atom. The number of rotatable bonds is 4. The number of furan rings is 1. The lowest BCUT2D eigenvalue weighted by Crippen LogP contribution is -2.36. The van der Waals surface area contributed by atoms with Crippen LogP contribution in [0.25, 0.3) is 11.0 Å². The van der Waals surface area contributed by atoms with Crippen molar-refractivity contribution < 1.29 is 4.42 Å². The topological polar surface area (TPSA) is 28.4 Å². The smallest absolute Gasteiger partial charge is 0.134 e. The van der Waals surface area contributed by atoms with Crippen LogP contribution in [0.5, 0.6) is 0 Å². The van der Waals surface area contributed by atoms with Crippen LogP contribution < -0.4 is 5.32 Å². The van der Waals surface area contributed by atoms with E-state index in [4.69, 9.17) is 4.42 Å². The Hall–Kier alpha value is -1.32. The molecule has 19 heavy (non-hydrogen) atoms. The Kier molecular flexibility index (Phi) is 3.58. The summed E-state index contributed by atoms with van der Waals surface area (Å²) >= 11 is 0. The fourth-order valence-corrected chi connectivity index (χ4v) is 3.19. The van der Waals surface area contributed by atoms with Crippen molar-refractivity contribution in [3.63, 3.8) is 0 Å². The zero-order valence-corrected chi connectivity index (χ0v) is 11.8. The van der Waals surface area contributed by atoms with Crippen LogP contribution in [0.3, 0.4) is 0 Å². The number of likely N-dealkylation sites (tertiary alicyclic amines) is 1. The zero-order valence-electron chi connectivity index (χ0n) is 11.8. The molecule has 3 rings (SSSR count). The first-order chi connectivity index (χ1) is 9.29. The first kappa shape index (κ1) is 12.7. The molecule has 1 fully saturated rings. The molecule has 1 aliphatic heterocycles. The monoisotopic (exact) mass is 258 g/mol. The SMILES string of the molecule is CNCC1CCCN1Cc1c(C)oc2ccccc12. The van der Waals surface area contributed by atoms with Gasteiger partial charge in [0.25, 0.3) is 0 Å². The Labute approximate surface area is 114 Å². The van der Waals surface area contributed by atoms with Gasteiger partial charge in [-0.1, -0.05) is 18.2 Å². The number of hydrogen-bond donors (Lipinski definition) is 1. The molecule has 2 heterocycles. The minimum Gasteiger partial charge on any atom is -0.461 e. The second kappa shape index (κ2) is 5.35. The number of hydrogen-bond acceptors (Lipinski definition) is 3. The number of nitrogens with zero attached hydrogens (tertiary/aromatic N) is 1. The lowest BCUT2D eigenvalue weighted by Gasteiger charge is -2.24. The van der Waals surface area contributed by atoms with Crippen molar-refractivity contribution in [2.24, 2.45) is 0 Å². The summed E-state index contributed by atoms with van der Waals surface area (Å²) in [6.45, 7) is 5.37. The third kappa shape index (κ3) is 2.40. The number of aryl methyl sites for hydroxylation is 1. The van der Waals surface area contributed by atoms with E-state index in [2.05, 4.69) is 35.3 Å². The average molecular weight is 258 g/mol. The first-order valence-electron chi connectivity index (χ1n) is 7.15. The number of benzene rings is 1. The Balaban J connectivity index is 1.86. The van der Waals surface area contributed by atoms with E-state index < -0.39 is 0 Å². The van der Waals surface area contributed by atoms with Crippen molar-refractivity contribution in [2.45, 2.75) is 32.4 Å². The fourth-order valence-electron chi connectivity index (χ4n) is 3.19. The largest absolute Gasteiger partial charge is 0.461 e. The molecule has 0 radical (unpaired) electrons. The standard InChI is InChI=1S/C16H22N2O/c1-12-15(14-7-3-4-8-16(14)19-12)11-18-9-5-6-13(18)10-17-2/h3-4,7-8,13,17H,5-6,9-11H2,1-2H3. The highest BCUT2D eigenvalue weighted by atomic mass is 16.3. The number of para-hydroxylation sites is 1. The van der Waals surface area contributed by atoms with Crippen LogP contribution in [0.2, 0.25) is 0 Å².